The minimum Gasteiger partial charge on any atom is -0.467 e. The van der Waals surface area contributed by atoms with Gasteiger partial charge in [0.05, 0.1) is 13.2 Å². The van der Waals surface area contributed by atoms with Gasteiger partial charge in [-0.1, -0.05) is 44.2 Å². The number of benzene rings is 1. The molecule has 0 heterocycles. The predicted octanol–water partition coefficient (Wildman–Crippen LogP) is 1.90. The number of carbonyl (C=O) groups is 3. The predicted molar refractivity (Wildman–Crippen MR) is 97.2 cm³/mol. The number of esters is 1. The molecule has 0 spiro atoms. The molecule has 0 saturated heterocycles. The van der Waals surface area contributed by atoms with Crippen LogP contribution in [0.3, 0.4) is 0 Å². The van der Waals surface area contributed by atoms with Crippen molar-refractivity contribution in [2.24, 2.45) is 5.92 Å². The number of hydrogen-bond donors (Lipinski definition) is 2. The molecule has 2 N–H and O–H groups in total. The van der Waals surface area contributed by atoms with Crippen LogP contribution < -0.4 is 10.6 Å². The van der Waals surface area contributed by atoms with E-state index < -0.39 is 30.1 Å². The highest BCUT2D eigenvalue weighted by Gasteiger charge is 2.29. The van der Waals surface area contributed by atoms with Crippen molar-refractivity contribution >= 4 is 18.0 Å². The topological polar surface area (TPSA) is 118 Å². The van der Waals surface area contributed by atoms with Gasteiger partial charge in [-0.3, -0.25) is 4.79 Å². The number of nitrogens with one attached hydrogen (secondary N) is 2. The van der Waals surface area contributed by atoms with Gasteiger partial charge in [0.25, 0.3) is 0 Å². The average Bonchev–Trinajstić information content (AvgIpc) is 2.67. The summed E-state index contributed by atoms with van der Waals surface area (Å²) in [6.07, 6.45) is -0.531. The molecule has 0 bridgehead atoms. The van der Waals surface area contributed by atoms with E-state index in [1.54, 1.807) is 13.8 Å². The van der Waals surface area contributed by atoms with Crippen LogP contribution in [0.1, 0.15) is 32.3 Å². The lowest BCUT2D eigenvalue weighted by molar-refractivity contribution is -0.145. The molecule has 0 saturated carbocycles. The second-order valence-electron chi connectivity index (χ2n) is 6.21. The van der Waals surface area contributed by atoms with Gasteiger partial charge < -0.3 is 20.1 Å². The van der Waals surface area contributed by atoms with Gasteiger partial charge in [-0.2, -0.15) is 5.26 Å². The summed E-state index contributed by atoms with van der Waals surface area (Å²) in [7, 11) is 1.20. The van der Waals surface area contributed by atoms with E-state index in [-0.39, 0.29) is 25.4 Å². The summed E-state index contributed by atoms with van der Waals surface area (Å²) < 4.78 is 9.78. The van der Waals surface area contributed by atoms with E-state index in [0.717, 1.165) is 5.56 Å². The Morgan fingerprint density at radius 3 is 2.37 bits per heavy atom. The average molecular weight is 375 g/mol. The molecule has 0 aliphatic carbocycles. The highest BCUT2D eigenvalue weighted by Crippen LogP contribution is 2.07. The minimum atomic E-state index is -0.953. The van der Waals surface area contributed by atoms with Crippen molar-refractivity contribution in [2.75, 3.05) is 7.11 Å². The van der Waals surface area contributed by atoms with Crippen molar-refractivity contribution in [3.8, 4) is 6.07 Å². The van der Waals surface area contributed by atoms with Crippen LogP contribution in [0.2, 0.25) is 0 Å². The Hall–Kier alpha value is -3.08. The standard InChI is InChI=1S/C19H25N3O5/c1-13(2)16(17(23)21-15(10-7-11-20)18(24)26-3)22-19(25)27-12-14-8-5-4-6-9-14/h4-6,8-9,13,15-16H,7,10,12H2,1-3H3,(H,21,23)(H,22,25)/t15-,16+/m1/s1. The molecule has 0 aliphatic heterocycles. The number of hydrogen-bond acceptors (Lipinski definition) is 6. The van der Waals surface area contributed by atoms with Crippen LogP contribution in [0.25, 0.3) is 0 Å². The third-order valence-corrected chi connectivity index (χ3v) is 3.78. The Bertz CT molecular complexity index is 670. The van der Waals surface area contributed by atoms with Gasteiger partial charge in [-0.15, -0.1) is 0 Å². The van der Waals surface area contributed by atoms with Crippen molar-refractivity contribution in [1.82, 2.24) is 10.6 Å². The van der Waals surface area contributed by atoms with Crippen molar-refractivity contribution in [3.05, 3.63) is 35.9 Å². The molecule has 0 fully saturated rings. The molecule has 0 unspecified atom stereocenters. The lowest BCUT2D eigenvalue weighted by Crippen LogP contribution is -2.53. The molecule has 0 radical (unpaired) electrons. The molecule has 0 aromatic heterocycles. The molecule has 0 aliphatic rings. The van der Waals surface area contributed by atoms with Crippen LogP contribution in [0.5, 0.6) is 0 Å². The summed E-state index contributed by atoms with van der Waals surface area (Å²) in [5.41, 5.74) is 0.820. The van der Waals surface area contributed by atoms with Crippen LogP contribution in [0.15, 0.2) is 30.3 Å². The largest absolute Gasteiger partial charge is 0.467 e. The molecule has 8 nitrogen and oxygen atoms in total. The van der Waals surface area contributed by atoms with E-state index in [2.05, 4.69) is 15.4 Å². The lowest BCUT2D eigenvalue weighted by Gasteiger charge is -2.24. The number of methoxy groups -OCH3 is 1. The first kappa shape index (κ1) is 22.0. The fourth-order valence-corrected chi connectivity index (χ4v) is 2.29. The van der Waals surface area contributed by atoms with Gasteiger partial charge in [0, 0.05) is 6.42 Å². The van der Waals surface area contributed by atoms with Crippen LogP contribution in [-0.2, 0) is 25.7 Å². The number of carbonyl (C=O) groups excluding carboxylic acids is 3. The molecular formula is C19H25N3O5. The second kappa shape index (κ2) is 11.5. The van der Waals surface area contributed by atoms with E-state index in [0.29, 0.717) is 0 Å². The van der Waals surface area contributed by atoms with Crippen LogP contribution in [-0.4, -0.2) is 37.2 Å². The van der Waals surface area contributed by atoms with Gasteiger partial charge in [-0.25, -0.2) is 9.59 Å². The van der Waals surface area contributed by atoms with E-state index >= 15 is 0 Å². The van der Waals surface area contributed by atoms with E-state index in [9.17, 15) is 14.4 Å². The zero-order valence-corrected chi connectivity index (χ0v) is 15.7. The summed E-state index contributed by atoms with van der Waals surface area (Å²) in [5.74, 6) is -1.44. The molecule has 146 valence electrons. The number of nitriles is 1. The van der Waals surface area contributed by atoms with Crippen LogP contribution >= 0.6 is 0 Å². The lowest BCUT2D eigenvalue weighted by atomic mass is 10.0. The van der Waals surface area contributed by atoms with E-state index in [1.807, 2.05) is 36.4 Å². The third-order valence-electron chi connectivity index (χ3n) is 3.78. The van der Waals surface area contributed by atoms with Crippen molar-refractivity contribution in [1.29, 1.82) is 5.26 Å². The van der Waals surface area contributed by atoms with Gasteiger partial charge in [0.2, 0.25) is 5.91 Å². The highest BCUT2D eigenvalue weighted by molar-refractivity contribution is 5.89. The molecular weight excluding hydrogens is 350 g/mol. The second-order valence-corrected chi connectivity index (χ2v) is 6.21. The minimum absolute atomic E-state index is 0.0755. The number of amides is 2. The summed E-state index contributed by atoms with van der Waals surface area (Å²) in [5, 5.41) is 13.7. The smallest absolute Gasteiger partial charge is 0.408 e. The molecule has 27 heavy (non-hydrogen) atoms. The number of rotatable bonds is 9. The Labute approximate surface area is 158 Å². The molecule has 2 atom stereocenters. The molecule has 1 rings (SSSR count). The Balaban J connectivity index is 2.66. The summed E-state index contributed by atoms with van der Waals surface area (Å²) in [6.45, 7) is 3.58. The third kappa shape index (κ3) is 7.77. The van der Waals surface area contributed by atoms with Crippen molar-refractivity contribution in [2.45, 2.75) is 45.4 Å². The summed E-state index contributed by atoms with van der Waals surface area (Å²) >= 11 is 0. The highest BCUT2D eigenvalue weighted by atomic mass is 16.5. The zero-order valence-electron chi connectivity index (χ0n) is 15.7. The SMILES string of the molecule is COC(=O)[C@@H](CCC#N)NC(=O)[C@@H](NC(=O)OCc1ccccc1)C(C)C. The normalized spacial score (nSPS) is 12.4. The Kier molecular flexibility index (Phi) is 9.37. The maximum absolute atomic E-state index is 12.5. The van der Waals surface area contributed by atoms with Crippen LogP contribution in [0.4, 0.5) is 4.79 Å². The number of alkyl carbamates (subject to hydrolysis) is 1. The van der Waals surface area contributed by atoms with Gasteiger partial charge in [0.15, 0.2) is 0 Å². The van der Waals surface area contributed by atoms with Gasteiger partial charge in [0.1, 0.15) is 18.7 Å². The van der Waals surface area contributed by atoms with Crippen molar-refractivity contribution in [3.63, 3.8) is 0 Å². The quantitative estimate of drug-likeness (QED) is 0.637. The molecule has 8 heteroatoms. The van der Waals surface area contributed by atoms with E-state index in [4.69, 9.17) is 10.00 Å². The first-order valence-electron chi connectivity index (χ1n) is 8.61. The molecule has 2 amide bonds. The Morgan fingerprint density at radius 1 is 1.15 bits per heavy atom. The number of ether oxygens (including phenoxy) is 2. The first-order chi connectivity index (χ1) is 12.9. The monoisotopic (exact) mass is 375 g/mol. The maximum atomic E-state index is 12.5. The maximum Gasteiger partial charge on any atom is 0.408 e. The summed E-state index contributed by atoms with van der Waals surface area (Å²) in [4.78, 5) is 36.3. The zero-order chi connectivity index (χ0) is 20.2. The van der Waals surface area contributed by atoms with Gasteiger partial charge >= 0.3 is 12.1 Å². The van der Waals surface area contributed by atoms with Gasteiger partial charge in [-0.05, 0) is 17.9 Å². The van der Waals surface area contributed by atoms with E-state index in [1.165, 1.54) is 7.11 Å². The van der Waals surface area contributed by atoms with Crippen LogP contribution in [0, 0.1) is 17.2 Å². The number of nitrogens with zero attached hydrogens (tertiary/aromatic N) is 1. The molecule has 1 aromatic carbocycles. The molecule has 1 aromatic rings. The summed E-state index contributed by atoms with van der Waals surface area (Å²) in [6, 6.07) is 9.21. The first-order valence-corrected chi connectivity index (χ1v) is 8.61. The fraction of sp³-hybridized carbons (Fsp3) is 0.474. The fourth-order valence-electron chi connectivity index (χ4n) is 2.29. The van der Waals surface area contributed by atoms with Crippen molar-refractivity contribution < 1.29 is 23.9 Å². The Morgan fingerprint density at radius 2 is 1.81 bits per heavy atom.